The van der Waals surface area contributed by atoms with Crippen LogP contribution in [0, 0.1) is 0 Å². The zero-order valence-corrected chi connectivity index (χ0v) is 10.7. The number of ether oxygens (including phenoxy) is 1. The molecule has 0 aromatic heterocycles. The summed E-state index contributed by atoms with van der Waals surface area (Å²) in [7, 11) is 1.64. The van der Waals surface area contributed by atoms with Crippen LogP contribution in [0.1, 0.15) is 18.9 Å². The second-order valence-corrected chi connectivity index (χ2v) is 4.40. The van der Waals surface area contributed by atoms with Crippen LogP contribution in [0.5, 0.6) is 0 Å². The molecule has 15 heavy (non-hydrogen) atoms. The lowest BCUT2D eigenvalue weighted by molar-refractivity contribution is -0.0129. The minimum atomic E-state index is -0.446. The van der Waals surface area contributed by atoms with E-state index in [1.165, 1.54) is 0 Å². The molecule has 1 N–H and O–H groups in total. The summed E-state index contributed by atoms with van der Waals surface area (Å²) in [6.45, 7) is 2.01. The maximum absolute atomic E-state index is 9.94. The number of methoxy groups -OCH3 is 1. The third-order valence-electron chi connectivity index (χ3n) is 2.52. The Morgan fingerprint density at radius 1 is 1.40 bits per heavy atom. The van der Waals surface area contributed by atoms with Crippen molar-refractivity contribution in [2.75, 3.05) is 7.11 Å². The summed E-state index contributed by atoms with van der Waals surface area (Å²) in [6.07, 6.45) is 0.909. The van der Waals surface area contributed by atoms with Gasteiger partial charge in [0, 0.05) is 18.0 Å². The molecule has 0 aliphatic rings. The first-order valence-corrected chi connectivity index (χ1v) is 5.92. The van der Waals surface area contributed by atoms with E-state index >= 15 is 0 Å². The van der Waals surface area contributed by atoms with Crippen molar-refractivity contribution in [3.63, 3.8) is 0 Å². The Morgan fingerprint density at radius 3 is 2.60 bits per heavy atom. The van der Waals surface area contributed by atoms with E-state index in [0.717, 1.165) is 16.5 Å². The Balaban J connectivity index is 2.65. The number of hydrogen-bond donors (Lipinski definition) is 1. The zero-order chi connectivity index (χ0) is 11.3. The molecular weight excluding hydrogens is 256 g/mol. The van der Waals surface area contributed by atoms with Crippen LogP contribution < -0.4 is 0 Å². The lowest BCUT2D eigenvalue weighted by atomic mass is 10.0. The number of benzene rings is 1. The molecule has 0 aliphatic heterocycles. The van der Waals surface area contributed by atoms with Crippen molar-refractivity contribution < 1.29 is 9.84 Å². The van der Waals surface area contributed by atoms with E-state index in [1.54, 1.807) is 7.11 Å². The van der Waals surface area contributed by atoms with Gasteiger partial charge < -0.3 is 9.84 Å². The predicted octanol–water partition coefficient (Wildman–Crippen LogP) is 2.78. The minimum absolute atomic E-state index is 0.0860. The number of aliphatic hydroxyl groups is 1. The smallest absolute Gasteiger partial charge is 0.0842 e. The summed E-state index contributed by atoms with van der Waals surface area (Å²) in [5.41, 5.74) is 1.11. The van der Waals surface area contributed by atoms with Gasteiger partial charge in [-0.25, -0.2) is 0 Å². The topological polar surface area (TPSA) is 29.5 Å². The molecule has 1 aromatic carbocycles. The van der Waals surface area contributed by atoms with Gasteiger partial charge in [0.2, 0.25) is 0 Å². The van der Waals surface area contributed by atoms with Crippen LogP contribution in [-0.4, -0.2) is 24.4 Å². The Hall–Kier alpha value is -0.380. The first kappa shape index (κ1) is 12.7. The van der Waals surface area contributed by atoms with Crippen molar-refractivity contribution in [2.45, 2.75) is 32.0 Å². The van der Waals surface area contributed by atoms with Crippen LogP contribution in [0.15, 0.2) is 28.7 Å². The maximum Gasteiger partial charge on any atom is 0.0842 e. The summed E-state index contributed by atoms with van der Waals surface area (Å²) in [4.78, 5) is 0. The molecule has 0 heterocycles. The number of aliphatic hydroxyl groups excluding tert-OH is 1. The van der Waals surface area contributed by atoms with Crippen molar-refractivity contribution in [1.29, 1.82) is 0 Å². The highest BCUT2D eigenvalue weighted by Crippen LogP contribution is 2.19. The third-order valence-corrected chi connectivity index (χ3v) is 3.29. The summed E-state index contributed by atoms with van der Waals surface area (Å²) in [5.74, 6) is 0. The van der Waals surface area contributed by atoms with Crippen LogP contribution in [0.4, 0.5) is 0 Å². The molecule has 0 fully saturated rings. The molecule has 2 nitrogen and oxygen atoms in total. The molecule has 0 amide bonds. The molecule has 0 bridgehead atoms. The van der Waals surface area contributed by atoms with E-state index < -0.39 is 6.10 Å². The lowest BCUT2D eigenvalue weighted by Crippen LogP contribution is -2.29. The molecule has 0 spiro atoms. The molecule has 0 aliphatic carbocycles. The fraction of sp³-hybridized carbons (Fsp3) is 0.500. The molecule has 1 rings (SSSR count). The minimum Gasteiger partial charge on any atom is -0.390 e. The number of halogens is 1. The standard InChI is InChI=1S/C12H17BrO2/c1-3-12(15-2)11(14)8-9-6-4-5-7-10(9)13/h4-7,11-12,14H,3,8H2,1-2H3. The molecular formula is C12H17BrO2. The van der Waals surface area contributed by atoms with E-state index in [4.69, 9.17) is 4.74 Å². The normalized spacial score (nSPS) is 14.9. The highest BCUT2D eigenvalue weighted by atomic mass is 79.9. The zero-order valence-electron chi connectivity index (χ0n) is 9.11. The Morgan fingerprint density at radius 2 is 2.07 bits per heavy atom. The highest BCUT2D eigenvalue weighted by Gasteiger charge is 2.17. The molecule has 1 aromatic rings. The highest BCUT2D eigenvalue weighted by molar-refractivity contribution is 9.10. The van der Waals surface area contributed by atoms with E-state index in [-0.39, 0.29) is 6.10 Å². The van der Waals surface area contributed by atoms with Crippen molar-refractivity contribution in [1.82, 2.24) is 0 Å². The van der Waals surface area contributed by atoms with Gasteiger partial charge in [0.1, 0.15) is 0 Å². The fourth-order valence-corrected chi connectivity index (χ4v) is 2.06. The van der Waals surface area contributed by atoms with Crippen molar-refractivity contribution in [3.05, 3.63) is 34.3 Å². The van der Waals surface area contributed by atoms with Gasteiger partial charge in [-0.2, -0.15) is 0 Å². The summed E-state index contributed by atoms with van der Waals surface area (Å²) in [5, 5.41) is 9.94. The quantitative estimate of drug-likeness (QED) is 0.893. The number of hydrogen-bond acceptors (Lipinski definition) is 2. The van der Waals surface area contributed by atoms with Crippen LogP contribution in [0.3, 0.4) is 0 Å². The van der Waals surface area contributed by atoms with Crippen LogP contribution >= 0.6 is 15.9 Å². The maximum atomic E-state index is 9.94. The van der Waals surface area contributed by atoms with Crippen LogP contribution in [0.25, 0.3) is 0 Å². The third kappa shape index (κ3) is 3.59. The van der Waals surface area contributed by atoms with E-state index in [9.17, 15) is 5.11 Å². The largest absolute Gasteiger partial charge is 0.390 e. The Labute approximate surface area is 99.4 Å². The molecule has 0 radical (unpaired) electrons. The summed E-state index contributed by atoms with van der Waals surface area (Å²) in [6, 6.07) is 7.93. The van der Waals surface area contributed by atoms with E-state index in [2.05, 4.69) is 15.9 Å². The first-order chi connectivity index (χ1) is 7.19. The molecule has 0 saturated carbocycles. The van der Waals surface area contributed by atoms with Gasteiger partial charge in [-0.3, -0.25) is 0 Å². The molecule has 2 unspecified atom stereocenters. The molecule has 0 saturated heterocycles. The second-order valence-electron chi connectivity index (χ2n) is 3.55. The summed E-state index contributed by atoms with van der Waals surface area (Å²) < 4.78 is 6.25. The lowest BCUT2D eigenvalue weighted by Gasteiger charge is -2.20. The average Bonchev–Trinajstić information content (AvgIpc) is 2.23. The Bertz CT molecular complexity index is 297. The van der Waals surface area contributed by atoms with Gasteiger partial charge in [-0.05, 0) is 18.1 Å². The van der Waals surface area contributed by atoms with Gasteiger partial charge in [0.15, 0.2) is 0 Å². The second kappa shape index (κ2) is 6.26. The number of rotatable bonds is 5. The van der Waals surface area contributed by atoms with Crippen molar-refractivity contribution in [2.24, 2.45) is 0 Å². The molecule has 3 heteroatoms. The Kier molecular flexibility index (Phi) is 5.29. The summed E-state index contributed by atoms with van der Waals surface area (Å²) >= 11 is 3.47. The average molecular weight is 273 g/mol. The van der Waals surface area contributed by atoms with Crippen molar-refractivity contribution in [3.8, 4) is 0 Å². The van der Waals surface area contributed by atoms with Gasteiger partial charge >= 0.3 is 0 Å². The van der Waals surface area contributed by atoms with Crippen LogP contribution in [-0.2, 0) is 11.2 Å². The van der Waals surface area contributed by atoms with E-state index in [1.807, 2.05) is 31.2 Å². The SMILES string of the molecule is CCC(OC)C(O)Cc1ccccc1Br. The predicted molar refractivity (Wildman–Crippen MR) is 64.9 cm³/mol. The van der Waals surface area contributed by atoms with Crippen molar-refractivity contribution >= 4 is 15.9 Å². The van der Waals surface area contributed by atoms with E-state index in [0.29, 0.717) is 6.42 Å². The van der Waals surface area contributed by atoms with Gasteiger partial charge in [-0.1, -0.05) is 41.1 Å². The fourth-order valence-electron chi connectivity index (χ4n) is 1.62. The van der Waals surface area contributed by atoms with Gasteiger partial charge in [0.25, 0.3) is 0 Å². The molecule has 2 atom stereocenters. The van der Waals surface area contributed by atoms with Gasteiger partial charge in [0.05, 0.1) is 12.2 Å². The first-order valence-electron chi connectivity index (χ1n) is 5.13. The molecule has 84 valence electrons. The monoisotopic (exact) mass is 272 g/mol. The van der Waals surface area contributed by atoms with Gasteiger partial charge in [-0.15, -0.1) is 0 Å². The van der Waals surface area contributed by atoms with Crippen LogP contribution in [0.2, 0.25) is 0 Å².